The van der Waals surface area contributed by atoms with E-state index in [1.165, 1.54) is 43.5 Å². The monoisotopic (exact) mass is 812 g/mol. The molecule has 0 fully saturated rings. The highest BCUT2D eigenvalue weighted by Gasteiger charge is 2.46. The van der Waals surface area contributed by atoms with Crippen LogP contribution in [0, 0.1) is 0 Å². The van der Waals surface area contributed by atoms with Gasteiger partial charge in [0.05, 0.1) is 0 Å². The van der Waals surface area contributed by atoms with Crippen LogP contribution < -0.4 is 30.5 Å². The van der Waals surface area contributed by atoms with Crippen molar-refractivity contribution in [2.24, 2.45) is 0 Å². The summed E-state index contributed by atoms with van der Waals surface area (Å²) in [4.78, 5) is 33.6. The van der Waals surface area contributed by atoms with Crippen molar-refractivity contribution in [2.75, 3.05) is 9.80 Å². The van der Waals surface area contributed by atoms with Crippen LogP contribution in [0.15, 0.2) is 146 Å². The Morgan fingerprint density at radius 2 is 0.717 bits per heavy atom. The molecule has 0 atom stereocenters. The Labute approximate surface area is 355 Å². The van der Waals surface area contributed by atoms with E-state index in [0.717, 1.165) is 55.9 Å². The molecule has 60 heavy (non-hydrogen) atoms. The second-order valence-corrected chi connectivity index (χ2v) is 28.0. The molecule has 2 aliphatic heterocycles. The Hall–Kier alpha value is -6.09. The third kappa shape index (κ3) is 4.77. The molecular weight excluding hydrogens is 765 g/mol. The first kappa shape index (κ1) is 37.0. The summed E-state index contributed by atoms with van der Waals surface area (Å²) in [6, 6.07) is 52.2. The molecule has 2 aliphatic carbocycles. The van der Waals surface area contributed by atoms with Gasteiger partial charge in [-0.3, -0.25) is 9.59 Å². The Morgan fingerprint density at radius 3 is 1.13 bits per heavy atom. The molecule has 0 unspecified atom stereocenters. The molecule has 0 N–H and O–H groups in total. The van der Waals surface area contributed by atoms with E-state index in [-0.39, 0.29) is 22.4 Å². The molecule has 4 aliphatic rings. The van der Waals surface area contributed by atoms with Gasteiger partial charge in [-0.05, 0) is 91.5 Å². The summed E-state index contributed by atoms with van der Waals surface area (Å²) in [5, 5.41) is 5.44. The van der Waals surface area contributed by atoms with E-state index in [1.807, 2.05) is 36.4 Å². The predicted octanol–water partition coefficient (Wildman–Crippen LogP) is 10.6. The second kappa shape index (κ2) is 12.2. The highest BCUT2D eigenvalue weighted by molar-refractivity contribution is 7.04. The van der Waals surface area contributed by atoms with Crippen molar-refractivity contribution >= 4 is 82.6 Å². The maximum absolute atomic E-state index is 14.4. The Kier molecular flexibility index (Phi) is 7.54. The Morgan fingerprint density at radius 1 is 0.367 bits per heavy atom. The fourth-order valence-electron chi connectivity index (χ4n) is 11.3. The fourth-order valence-corrected chi connectivity index (χ4v) is 17.2. The van der Waals surface area contributed by atoms with Crippen LogP contribution in [-0.2, 0) is 10.8 Å². The van der Waals surface area contributed by atoms with Crippen LogP contribution in [0.5, 0.6) is 0 Å². The van der Waals surface area contributed by atoms with Gasteiger partial charge in [-0.2, -0.15) is 0 Å². The first-order valence-electron chi connectivity index (χ1n) is 21.2. The van der Waals surface area contributed by atoms with Gasteiger partial charge in [0.25, 0.3) is 0 Å². The average molecular weight is 813 g/mol. The van der Waals surface area contributed by atoms with E-state index in [4.69, 9.17) is 0 Å². The van der Waals surface area contributed by atoms with Crippen LogP contribution >= 0.6 is 0 Å². The molecule has 0 saturated carbocycles. The standard InChI is InChI=1S/C54H48N2O2Si2/c1-53(2)39-19-11-9-17-35(39)51(57)37-29-33(25-27-41(37)53)55-43-21-13-15-23-47(43)59(5,6)49-32-46-50(31-45(49)55)60(7,8)48-24-16-14-22-44(48)56(46)34-26-28-42-38(30-34)52(58)36-18-10-12-20-40(36)54(42,3)4/h9-32H,1-8H3. The smallest absolute Gasteiger partial charge is 0.193 e. The number of nitrogens with zero attached hydrogens (tertiary/aromatic N) is 2. The number of carbonyl (C=O) groups is 2. The second-order valence-electron chi connectivity index (χ2n) is 19.3. The van der Waals surface area contributed by atoms with Gasteiger partial charge in [-0.15, -0.1) is 0 Å². The average Bonchev–Trinajstić information content (AvgIpc) is 3.25. The first-order valence-corrected chi connectivity index (χ1v) is 27.2. The lowest BCUT2D eigenvalue weighted by Crippen LogP contribution is -2.62. The van der Waals surface area contributed by atoms with E-state index in [2.05, 4.69) is 173 Å². The van der Waals surface area contributed by atoms with Gasteiger partial charge in [0.2, 0.25) is 0 Å². The van der Waals surface area contributed by atoms with Gasteiger partial charge in [0.1, 0.15) is 16.1 Å². The zero-order valence-electron chi connectivity index (χ0n) is 35.6. The number of rotatable bonds is 2. The fraction of sp³-hybridized carbons (Fsp3) is 0.185. The summed E-state index contributed by atoms with van der Waals surface area (Å²) < 4.78 is 0. The van der Waals surface area contributed by atoms with Crippen LogP contribution in [0.3, 0.4) is 0 Å². The molecule has 0 aromatic heterocycles. The van der Waals surface area contributed by atoms with Gasteiger partial charge >= 0.3 is 0 Å². The number of ketones is 2. The number of carbonyl (C=O) groups excluding carboxylic acids is 2. The predicted molar refractivity (Wildman–Crippen MR) is 253 cm³/mol. The maximum Gasteiger partial charge on any atom is 0.193 e. The molecule has 7 aromatic carbocycles. The highest BCUT2D eigenvalue weighted by Crippen LogP contribution is 2.48. The van der Waals surface area contributed by atoms with Crippen LogP contribution in [0.25, 0.3) is 0 Å². The molecule has 0 spiro atoms. The summed E-state index contributed by atoms with van der Waals surface area (Å²) in [5.41, 5.74) is 13.6. The molecule has 0 saturated heterocycles. The highest BCUT2D eigenvalue weighted by atomic mass is 28.3. The third-order valence-electron chi connectivity index (χ3n) is 14.6. The number of hydrogen-bond donors (Lipinski definition) is 0. The third-order valence-corrected chi connectivity index (χ3v) is 21.7. The van der Waals surface area contributed by atoms with Crippen molar-refractivity contribution in [3.8, 4) is 0 Å². The summed E-state index contributed by atoms with van der Waals surface area (Å²) in [6.07, 6.45) is 0. The van der Waals surface area contributed by atoms with E-state index < -0.39 is 16.1 Å². The SMILES string of the molecule is CC1(C)c2ccccc2C(=O)c2cc(N3c4ccccc4[Si](C)(C)c4cc5c(cc43)[Si](C)(C)c3ccccc3N5c3ccc4c(c3)C(=O)c3ccccc3C4(C)C)ccc21. The topological polar surface area (TPSA) is 40.6 Å². The molecule has 4 nitrogen and oxygen atoms in total. The first-order chi connectivity index (χ1) is 28.6. The largest absolute Gasteiger partial charge is 0.311 e. The number of hydrogen-bond acceptors (Lipinski definition) is 4. The molecule has 2 heterocycles. The van der Waals surface area contributed by atoms with Crippen molar-refractivity contribution in [3.63, 3.8) is 0 Å². The van der Waals surface area contributed by atoms with Crippen molar-refractivity contribution in [3.05, 3.63) is 190 Å². The molecule has 11 rings (SSSR count). The molecule has 0 amide bonds. The summed E-state index contributed by atoms with van der Waals surface area (Å²) in [7, 11) is -4.63. The zero-order valence-corrected chi connectivity index (χ0v) is 37.6. The minimum atomic E-state index is -2.31. The number of para-hydroxylation sites is 2. The summed E-state index contributed by atoms with van der Waals surface area (Å²) in [5.74, 6) is 0.173. The van der Waals surface area contributed by atoms with Crippen LogP contribution in [-0.4, -0.2) is 27.7 Å². The summed E-state index contributed by atoms with van der Waals surface area (Å²) in [6.45, 7) is 18.8. The van der Waals surface area contributed by atoms with Crippen LogP contribution in [0.4, 0.5) is 34.1 Å². The minimum absolute atomic E-state index is 0.0867. The van der Waals surface area contributed by atoms with E-state index >= 15 is 0 Å². The number of benzene rings is 7. The molecule has 0 bridgehead atoms. The van der Waals surface area contributed by atoms with Crippen LogP contribution in [0.1, 0.15) is 81.8 Å². The van der Waals surface area contributed by atoms with Gasteiger partial charge in [0.15, 0.2) is 11.6 Å². The lowest BCUT2D eigenvalue weighted by atomic mass is 9.68. The number of fused-ring (bicyclic) bond motifs is 8. The normalized spacial score (nSPS) is 17.9. The van der Waals surface area contributed by atoms with Gasteiger partial charge in [-0.25, -0.2) is 0 Å². The van der Waals surface area contributed by atoms with Crippen molar-refractivity contribution in [2.45, 2.75) is 64.7 Å². The number of anilines is 6. The maximum atomic E-state index is 14.4. The van der Waals surface area contributed by atoms with Gasteiger partial charge in [-0.1, -0.05) is 151 Å². The van der Waals surface area contributed by atoms with E-state index in [0.29, 0.717) is 0 Å². The Balaban J connectivity index is 1.14. The lowest BCUT2D eigenvalue weighted by Gasteiger charge is -2.46. The molecule has 6 heteroatoms. The van der Waals surface area contributed by atoms with E-state index in [9.17, 15) is 9.59 Å². The molecule has 0 radical (unpaired) electrons. The lowest BCUT2D eigenvalue weighted by molar-refractivity contribution is 0.102. The minimum Gasteiger partial charge on any atom is -0.311 e. The molecular formula is C54H48N2O2Si2. The van der Waals surface area contributed by atoms with Crippen molar-refractivity contribution in [1.82, 2.24) is 0 Å². The van der Waals surface area contributed by atoms with Crippen molar-refractivity contribution in [1.29, 1.82) is 0 Å². The quantitative estimate of drug-likeness (QED) is 0.163. The van der Waals surface area contributed by atoms with Gasteiger partial charge in [0, 0.05) is 67.2 Å². The summed E-state index contributed by atoms with van der Waals surface area (Å²) >= 11 is 0. The van der Waals surface area contributed by atoms with Gasteiger partial charge < -0.3 is 9.80 Å². The Bertz CT molecular complexity index is 2860. The van der Waals surface area contributed by atoms with Crippen LogP contribution in [0.2, 0.25) is 26.2 Å². The zero-order chi connectivity index (χ0) is 41.7. The van der Waals surface area contributed by atoms with E-state index in [1.54, 1.807) is 0 Å². The van der Waals surface area contributed by atoms with Crippen molar-refractivity contribution < 1.29 is 9.59 Å². The molecule has 294 valence electrons. The molecule has 7 aromatic rings.